The summed E-state index contributed by atoms with van der Waals surface area (Å²) >= 11 is 6.10. The van der Waals surface area contributed by atoms with Gasteiger partial charge in [-0.1, -0.05) is 49.7 Å². The van der Waals surface area contributed by atoms with Gasteiger partial charge in [0.15, 0.2) is 5.60 Å². The zero-order chi connectivity index (χ0) is 29.4. The number of rotatable bonds is 7. The molecule has 3 heterocycles. The van der Waals surface area contributed by atoms with Crippen molar-refractivity contribution in [2.24, 2.45) is 11.1 Å². The van der Waals surface area contributed by atoms with Gasteiger partial charge in [-0.25, -0.2) is 0 Å². The molecule has 41 heavy (non-hydrogen) atoms. The number of ether oxygens (including phenoxy) is 2. The van der Waals surface area contributed by atoms with Crippen molar-refractivity contribution in [3.05, 3.63) is 101 Å². The summed E-state index contributed by atoms with van der Waals surface area (Å²) in [6.07, 6.45) is 11.3. The molecule has 5 rings (SSSR count). The van der Waals surface area contributed by atoms with E-state index in [4.69, 9.17) is 26.8 Å². The van der Waals surface area contributed by atoms with Gasteiger partial charge >= 0.3 is 0 Å². The fourth-order valence-corrected chi connectivity index (χ4v) is 5.90. The molecule has 1 unspecified atom stereocenters. The number of hydrogen-bond donors (Lipinski definition) is 3. The molecule has 2 aromatic carbocycles. The Kier molecular flexibility index (Phi) is 7.81. The van der Waals surface area contributed by atoms with Crippen molar-refractivity contribution in [1.82, 2.24) is 10.2 Å². The number of amides is 1. The lowest BCUT2D eigenvalue weighted by molar-refractivity contribution is -0.130. The van der Waals surface area contributed by atoms with Crippen molar-refractivity contribution >= 4 is 23.1 Å². The van der Waals surface area contributed by atoms with Crippen molar-refractivity contribution in [2.75, 3.05) is 19.6 Å². The van der Waals surface area contributed by atoms with E-state index in [0.717, 1.165) is 54.0 Å². The molecule has 3 aliphatic rings. The molecule has 3 aliphatic heterocycles. The van der Waals surface area contributed by atoms with Crippen LogP contribution in [0.4, 0.5) is 0 Å². The Morgan fingerprint density at radius 2 is 2.00 bits per heavy atom. The lowest BCUT2D eigenvalue weighted by atomic mass is 9.66. The van der Waals surface area contributed by atoms with Crippen LogP contribution in [0.3, 0.4) is 0 Å². The lowest BCUT2D eigenvalue weighted by Crippen LogP contribution is -2.55. The van der Waals surface area contributed by atoms with Gasteiger partial charge in [0.1, 0.15) is 17.8 Å². The van der Waals surface area contributed by atoms with E-state index < -0.39 is 17.1 Å². The third-order valence-corrected chi connectivity index (χ3v) is 8.59. The van der Waals surface area contributed by atoms with Crippen LogP contribution in [0.1, 0.15) is 51.7 Å². The topological polar surface area (TPSA) is 97.1 Å². The first-order chi connectivity index (χ1) is 19.4. The number of carbonyl (C=O) groups excluding carboxylic acids is 1. The predicted molar refractivity (Wildman–Crippen MR) is 162 cm³/mol. The molecule has 216 valence electrons. The predicted octanol–water partition coefficient (Wildman–Crippen LogP) is 5.65. The molecule has 7 nitrogen and oxygen atoms in total. The number of primary amides is 1. The third-order valence-electron chi connectivity index (χ3n) is 8.33. The van der Waals surface area contributed by atoms with Crippen LogP contribution in [-0.4, -0.2) is 41.1 Å². The minimum atomic E-state index is -1.16. The quantitative estimate of drug-likeness (QED) is 0.395. The summed E-state index contributed by atoms with van der Waals surface area (Å²) in [5.74, 6) is 0.682. The van der Waals surface area contributed by atoms with Crippen LogP contribution in [0, 0.1) is 5.41 Å². The molecule has 1 atom stereocenters. The van der Waals surface area contributed by atoms with E-state index >= 15 is 0 Å². The van der Waals surface area contributed by atoms with Gasteiger partial charge in [0, 0.05) is 47.4 Å². The van der Waals surface area contributed by atoms with Crippen LogP contribution in [0.15, 0.2) is 84.4 Å². The van der Waals surface area contributed by atoms with Crippen LogP contribution in [-0.2, 0) is 10.4 Å². The Hall–Kier alpha value is -3.52. The zero-order valence-electron chi connectivity index (χ0n) is 24.0. The van der Waals surface area contributed by atoms with Crippen molar-refractivity contribution in [3.63, 3.8) is 0 Å². The maximum absolute atomic E-state index is 11.9. The number of carbonyl (C=O) groups is 1. The molecule has 1 amide bonds. The number of fused-ring (bicyclic) bond motifs is 2. The van der Waals surface area contributed by atoms with Gasteiger partial charge in [-0.15, -0.1) is 0 Å². The second kappa shape index (κ2) is 11.0. The molecule has 0 bridgehead atoms. The highest BCUT2D eigenvalue weighted by atomic mass is 35.5. The summed E-state index contributed by atoms with van der Waals surface area (Å²) < 4.78 is 12.0. The van der Waals surface area contributed by atoms with Crippen LogP contribution in [0.2, 0.25) is 5.02 Å². The molecule has 0 aliphatic carbocycles. The number of aliphatic hydroxyl groups is 1. The summed E-state index contributed by atoms with van der Waals surface area (Å²) in [4.78, 5) is 14.3. The highest BCUT2D eigenvalue weighted by Crippen LogP contribution is 2.46. The number of nitrogens with one attached hydrogen (secondary N) is 1. The third kappa shape index (κ3) is 5.80. The summed E-state index contributed by atoms with van der Waals surface area (Å²) in [6.45, 7) is 9.93. The van der Waals surface area contributed by atoms with Crippen molar-refractivity contribution < 1.29 is 19.4 Å². The second-order valence-electron chi connectivity index (χ2n) is 12.1. The van der Waals surface area contributed by atoms with Crippen LogP contribution in [0.25, 0.3) is 5.57 Å². The number of allylic oxidation sites excluding steroid dienone is 3. The Bertz CT molecular complexity index is 1460. The van der Waals surface area contributed by atoms with E-state index in [0.29, 0.717) is 22.9 Å². The molecule has 0 aromatic heterocycles. The molecule has 8 heteroatoms. The highest BCUT2D eigenvalue weighted by Gasteiger charge is 2.48. The minimum Gasteiger partial charge on any atom is -0.478 e. The number of likely N-dealkylation sites (tertiary alicyclic amines) is 1. The number of hydrogen-bond acceptors (Lipinski definition) is 6. The van der Waals surface area contributed by atoms with Crippen LogP contribution >= 0.6 is 11.6 Å². The maximum atomic E-state index is 11.9. The molecule has 0 saturated carbocycles. The van der Waals surface area contributed by atoms with Gasteiger partial charge in [0.05, 0.1) is 11.3 Å². The van der Waals surface area contributed by atoms with Crippen LogP contribution < -0.4 is 20.5 Å². The number of halogens is 1. The highest BCUT2D eigenvalue weighted by molar-refractivity contribution is 6.30. The first-order valence-electron chi connectivity index (χ1n) is 13.9. The van der Waals surface area contributed by atoms with E-state index in [1.165, 1.54) is 0 Å². The lowest BCUT2D eigenvalue weighted by Gasteiger charge is -2.50. The Morgan fingerprint density at radius 3 is 2.71 bits per heavy atom. The Morgan fingerprint density at radius 1 is 1.24 bits per heavy atom. The maximum Gasteiger partial charge on any atom is 0.261 e. The number of nitrogens with zero attached hydrogens (tertiary/aromatic N) is 1. The van der Waals surface area contributed by atoms with Gasteiger partial charge in [-0.2, -0.15) is 0 Å². The molecular weight excluding hydrogens is 538 g/mol. The zero-order valence-corrected chi connectivity index (χ0v) is 24.8. The van der Waals surface area contributed by atoms with E-state index in [1.54, 1.807) is 26.2 Å². The van der Waals surface area contributed by atoms with E-state index in [2.05, 4.69) is 36.2 Å². The van der Waals surface area contributed by atoms with Crippen molar-refractivity contribution in [2.45, 2.75) is 51.7 Å². The Labute approximate surface area is 247 Å². The number of piperidine rings is 1. The molecule has 0 spiro atoms. The van der Waals surface area contributed by atoms with E-state index in [1.807, 2.05) is 48.7 Å². The summed E-state index contributed by atoms with van der Waals surface area (Å²) in [5.41, 5.74) is 7.77. The molecular formula is C33H38ClN3O4. The first-order valence-corrected chi connectivity index (χ1v) is 14.3. The fourth-order valence-electron chi connectivity index (χ4n) is 5.77. The minimum absolute atomic E-state index is 0.356. The number of dihydropyridines is 1. The largest absolute Gasteiger partial charge is 0.478 e. The number of benzene rings is 2. The molecule has 2 aromatic rings. The molecule has 4 N–H and O–H groups in total. The number of nitrogens with two attached hydrogens (primary N) is 1. The van der Waals surface area contributed by atoms with E-state index in [-0.39, 0.29) is 5.41 Å². The summed E-state index contributed by atoms with van der Waals surface area (Å²) in [6, 6.07) is 13.1. The van der Waals surface area contributed by atoms with Crippen molar-refractivity contribution in [1.29, 1.82) is 0 Å². The first kappa shape index (κ1) is 29.0. The monoisotopic (exact) mass is 575 g/mol. The van der Waals surface area contributed by atoms with Crippen molar-refractivity contribution in [3.8, 4) is 11.5 Å². The van der Waals surface area contributed by atoms with Gasteiger partial charge in [0.25, 0.3) is 5.91 Å². The Balaban J connectivity index is 1.38. The van der Waals surface area contributed by atoms with Gasteiger partial charge < -0.3 is 30.5 Å². The van der Waals surface area contributed by atoms with E-state index in [9.17, 15) is 9.90 Å². The van der Waals surface area contributed by atoms with Gasteiger partial charge in [-0.3, -0.25) is 4.79 Å². The van der Waals surface area contributed by atoms with Gasteiger partial charge in [0.2, 0.25) is 0 Å². The normalized spacial score (nSPS) is 22.8. The average molecular weight is 576 g/mol. The average Bonchev–Trinajstić information content (AvgIpc) is 3.07. The fraction of sp³-hybridized carbons (Fsp3) is 0.364. The molecule has 1 fully saturated rings. The molecule has 0 radical (unpaired) electrons. The standard InChI is InChI=1S/C33H38ClN3O4/c1-31(2)21-37(18-15-33(31,39)22-9-11-23(34)12-10-22)17-6-8-25-26-7-5-16-36-28(26)20-40-29-14-13-24(19-27(25)29)41-32(3,4)30(35)38/h5,7-14,16,19-20,36,39H,6,15,17-18,21H2,1-4H3,(H2,35,38). The van der Waals surface area contributed by atoms with Crippen LogP contribution in [0.5, 0.6) is 11.5 Å². The second-order valence-corrected chi connectivity index (χ2v) is 12.5. The SMILES string of the molecule is CC(C)(Oc1ccc2c(c1)C(=CCCN1CCC(O)(c3ccc(Cl)cc3)C(C)(C)C1)C1=CC=CNC1=CO2)C(N)=O. The summed E-state index contributed by atoms with van der Waals surface area (Å²) in [7, 11) is 0. The molecule has 1 saturated heterocycles. The summed E-state index contributed by atoms with van der Waals surface area (Å²) in [5, 5.41) is 15.7. The smallest absolute Gasteiger partial charge is 0.261 e. The van der Waals surface area contributed by atoms with Gasteiger partial charge in [-0.05, 0) is 74.2 Å².